The maximum Gasteiger partial charge on any atom is 0.127 e. The maximum atomic E-state index is 13.5. The van der Waals surface area contributed by atoms with Crippen molar-refractivity contribution < 1.29 is 9.50 Å². The molecule has 2 aromatic rings. The van der Waals surface area contributed by atoms with Crippen molar-refractivity contribution in [2.24, 2.45) is 0 Å². The second-order valence-corrected chi connectivity index (χ2v) is 4.79. The van der Waals surface area contributed by atoms with E-state index in [4.69, 9.17) is 5.11 Å². The smallest absolute Gasteiger partial charge is 0.127 e. The first-order valence-corrected chi connectivity index (χ1v) is 6.71. The second kappa shape index (κ2) is 6.63. The van der Waals surface area contributed by atoms with Gasteiger partial charge in [0.15, 0.2) is 0 Å². The predicted octanol–water partition coefficient (Wildman–Crippen LogP) is 1.92. The zero-order chi connectivity index (χ0) is 14.5. The molecule has 2 rings (SSSR count). The summed E-state index contributed by atoms with van der Waals surface area (Å²) < 4.78 is 15.3. The Morgan fingerprint density at radius 3 is 2.70 bits per heavy atom. The molecule has 0 bridgehead atoms. The molecule has 0 saturated heterocycles. The molecule has 0 aliphatic rings. The molecule has 108 valence electrons. The Bertz CT molecular complexity index is 580. The van der Waals surface area contributed by atoms with Crippen molar-refractivity contribution >= 4 is 0 Å². The minimum Gasteiger partial charge on any atom is -0.394 e. The van der Waals surface area contributed by atoms with Crippen LogP contribution >= 0.6 is 0 Å². The number of nitrogens with zero attached hydrogens (tertiary/aromatic N) is 2. The summed E-state index contributed by atoms with van der Waals surface area (Å²) in [6.45, 7) is 5.62. The number of aromatic nitrogens is 2. The zero-order valence-corrected chi connectivity index (χ0v) is 11.9. The van der Waals surface area contributed by atoms with E-state index in [1.165, 1.54) is 6.07 Å². The second-order valence-electron chi connectivity index (χ2n) is 4.79. The van der Waals surface area contributed by atoms with Crippen LogP contribution in [0, 0.1) is 19.7 Å². The van der Waals surface area contributed by atoms with Crippen molar-refractivity contribution in [3.05, 3.63) is 52.6 Å². The standard InChI is InChI=1S/C15H20FN3O/c1-11-14(12(2)19(18-11)7-8-20)10-17-9-13-5-3-4-6-15(13)16/h3-6,17,20H,7-10H2,1-2H3. The van der Waals surface area contributed by atoms with Gasteiger partial charge in [0.25, 0.3) is 0 Å². The van der Waals surface area contributed by atoms with E-state index >= 15 is 0 Å². The van der Waals surface area contributed by atoms with E-state index in [-0.39, 0.29) is 12.4 Å². The molecule has 0 aliphatic carbocycles. The Labute approximate surface area is 118 Å². The van der Waals surface area contributed by atoms with Crippen LogP contribution in [0.25, 0.3) is 0 Å². The van der Waals surface area contributed by atoms with E-state index < -0.39 is 0 Å². The fourth-order valence-electron chi connectivity index (χ4n) is 2.27. The van der Waals surface area contributed by atoms with Crippen molar-refractivity contribution in [3.8, 4) is 0 Å². The summed E-state index contributed by atoms with van der Waals surface area (Å²) in [7, 11) is 0. The van der Waals surface area contributed by atoms with Crippen molar-refractivity contribution in [1.82, 2.24) is 15.1 Å². The van der Waals surface area contributed by atoms with Gasteiger partial charge >= 0.3 is 0 Å². The molecule has 1 aromatic heterocycles. The van der Waals surface area contributed by atoms with Gasteiger partial charge in [-0.2, -0.15) is 5.10 Å². The SMILES string of the molecule is Cc1nn(CCO)c(C)c1CNCc1ccccc1F. The van der Waals surface area contributed by atoms with E-state index in [0.717, 1.165) is 17.0 Å². The van der Waals surface area contributed by atoms with Crippen molar-refractivity contribution in [1.29, 1.82) is 0 Å². The zero-order valence-electron chi connectivity index (χ0n) is 11.9. The lowest BCUT2D eigenvalue weighted by atomic mass is 10.1. The average molecular weight is 277 g/mol. The Balaban J connectivity index is 1.99. The summed E-state index contributed by atoms with van der Waals surface area (Å²) in [6.07, 6.45) is 0. The van der Waals surface area contributed by atoms with Crippen molar-refractivity contribution in [2.75, 3.05) is 6.61 Å². The number of nitrogens with one attached hydrogen (secondary N) is 1. The topological polar surface area (TPSA) is 50.1 Å². The molecule has 0 radical (unpaired) electrons. The highest BCUT2D eigenvalue weighted by atomic mass is 19.1. The molecule has 0 atom stereocenters. The summed E-state index contributed by atoms with van der Waals surface area (Å²) in [4.78, 5) is 0. The normalized spacial score (nSPS) is 11.0. The number of benzene rings is 1. The molecule has 1 aromatic carbocycles. The van der Waals surface area contributed by atoms with Gasteiger partial charge < -0.3 is 10.4 Å². The molecule has 5 heteroatoms. The summed E-state index contributed by atoms with van der Waals surface area (Å²) in [6, 6.07) is 6.76. The van der Waals surface area contributed by atoms with Crippen molar-refractivity contribution in [3.63, 3.8) is 0 Å². The van der Waals surface area contributed by atoms with Gasteiger partial charge in [-0.15, -0.1) is 0 Å². The highest BCUT2D eigenvalue weighted by Crippen LogP contribution is 2.13. The third-order valence-electron chi connectivity index (χ3n) is 3.42. The summed E-state index contributed by atoms with van der Waals surface area (Å²) in [5.41, 5.74) is 3.75. The van der Waals surface area contributed by atoms with E-state index in [1.807, 2.05) is 19.9 Å². The first-order valence-electron chi connectivity index (χ1n) is 6.71. The van der Waals surface area contributed by atoms with Crippen LogP contribution in [0.5, 0.6) is 0 Å². The van der Waals surface area contributed by atoms with Crippen LogP contribution in [0.2, 0.25) is 0 Å². The van der Waals surface area contributed by atoms with Gasteiger partial charge in [0.05, 0.1) is 18.8 Å². The monoisotopic (exact) mass is 277 g/mol. The lowest BCUT2D eigenvalue weighted by Crippen LogP contribution is -2.15. The molecule has 0 fully saturated rings. The molecule has 0 spiro atoms. The fourth-order valence-corrected chi connectivity index (χ4v) is 2.27. The van der Waals surface area contributed by atoms with Crippen LogP contribution in [-0.4, -0.2) is 21.5 Å². The third-order valence-corrected chi connectivity index (χ3v) is 3.42. The lowest BCUT2D eigenvalue weighted by Gasteiger charge is -2.07. The fraction of sp³-hybridized carbons (Fsp3) is 0.400. The minimum atomic E-state index is -0.190. The molecule has 2 N–H and O–H groups in total. The Hall–Kier alpha value is -1.72. The van der Waals surface area contributed by atoms with E-state index in [2.05, 4.69) is 10.4 Å². The van der Waals surface area contributed by atoms with Crippen LogP contribution in [0.15, 0.2) is 24.3 Å². The Morgan fingerprint density at radius 1 is 1.25 bits per heavy atom. The van der Waals surface area contributed by atoms with Crippen molar-refractivity contribution in [2.45, 2.75) is 33.5 Å². The van der Waals surface area contributed by atoms with Gasteiger partial charge in [-0.1, -0.05) is 18.2 Å². The van der Waals surface area contributed by atoms with Gasteiger partial charge in [0, 0.05) is 29.9 Å². The highest BCUT2D eigenvalue weighted by molar-refractivity contribution is 5.24. The average Bonchev–Trinajstić information content (AvgIpc) is 2.69. The number of halogens is 1. The number of hydrogen-bond acceptors (Lipinski definition) is 3. The van der Waals surface area contributed by atoms with Crippen LogP contribution in [-0.2, 0) is 19.6 Å². The number of aryl methyl sites for hydroxylation is 1. The summed E-state index contributed by atoms with van der Waals surface area (Å²) >= 11 is 0. The predicted molar refractivity (Wildman–Crippen MR) is 75.7 cm³/mol. The van der Waals surface area contributed by atoms with E-state index in [0.29, 0.717) is 25.2 Å². The number of aliphatic hydroxyl groups excluding tert-OH is 1. The number of aliphatic hydroxyl groups is 1. The number of rotatable bonds is 6. The van der Waals surface area contributed by atoms with Crippen LogP contribution in [0.3, 0.4) is 0 Å². The minimum absolute atomic E-state index is 0.0735. The maximum absolute atomic E-state index is 13.5. The van der Waals surface area contributed by atoms with Crippen LogP contribution < -0.4 is 5.32 Å². The first-order chi connectivity index (χ1) is 9.63. The summed E-state index contributed by atoms with van der Waals surface area (Å²) in [5.74, 6) is -0.190. The number of hydrogen-bond donors (Lipinski definition) is 2. The molecule has 20 heavy (non-hydrogen) atoms. The molecule has 0 aliphatic heterocycles. The van der Waals surface area contributed by atoms with Gasteiger partial charge in [-0.05, 0) is 19.9 Å². The molecular formula is C15H20FN3O. The van der Waals surface area contributed by atoms with Gasteiger partial charge in [0.1, 0.15) is 5.82 Å². The van der Waals surface area contributed by atoms with Crippen LogP contribution in [0.1, 0.15) is 22.5 Å². The molecule has 1 heterocycles. The molecule has 4 nitrogen and oxygen atoms in total. The Morgan fingerprint density at radius 2 is 2.00 bits per heavy atom. The van der Waals surface area contributed by atoms with E-state index in [9.17, 15) is 4.39 Å². The van der Waals surface area contributed by atoms with Crippen LogP contribution in [0.4, 0.5) is 4.39 Å². The summed E-state index contributed by atoms with van der Waals surface area (Å²) in [5, 5.41) is 16.6. The third kappa shape index (κ3) is 3.23. The first kappa shape index (κ1) is 14.7. The van der Waals surface area contributed by atoms with Gasteiger partial charge in [-0.3, -0.25) is 4.68 Å². The van der Waals surface area contributed by atoms with Gasteiger partial charge in [0.2, 0.25) is 0 Å². The molecule has 0 unspecified atom stereocenters. The highest BCUT2D eigenvalue weighted by Gasteiger charge is 2.10. The molecular weight excluding hydrogens is 257 g/mol. The molecule has 0 amide bonds. The lowest BCUT2D eigenvalue weighted by molar-refractivity contribution is 0.267. The Kier molecular flexibility index (Phi) is 4.87. The van der Waals surface area contributed by atoms with Gasteiger partial charge in [-0.25, -0.2) is 4.39 Å². The largest absolute Gasteiger partial charge is 0.394 e. The molecule has 0 saturated carbocycles. The quantitative estimate of drug-likeness (QED) is 0.848. The van der Waals surface area contributed by atoms with E-state index in [1.54, 1.807) is 16.8 Å².